The standard InChI is InChI=1S/C11H19N3O3S/c1-3-14(8-7-13-18(15,16)17)11-6-4-5-10(9-11)12-2/h4-6,9,12-13H,3,7-8H2,1-2H3,(H,15,16,17). The molecule has 1 aromatic rings. The van der Waals surface area contributed by atoms with Crippen LogP contribution >= 0.6 is 0 Å². The molecule has 0 radical (unpaired) electrons. The molecule has 0 saturated heterocycles. The minimum atomic E-state index is -4.11. The lowest BCUT2D eigenvalue weighted by Crippen LogP contribution is -2.34. The predicted molar refractivity (Wildman–Crippen MR) is 73.4 cm³/mol. The maximum Gasteiger partial charge on any atom is 0.333 e. The van der Waals surface area contributed by atoms with Crippen LogP contribution in [0.4, 0.5) is 11.4 Å². The summed E-state index contributed by atoms with van der Waals surface area (Å²) in [6, 6.07) is 7.82. The third-order valence-electron chi connectivity index (χ3n) is 2.55. The number of hydrogen-bond acceptors (Lipinski definition) is 4. The monoisotopic (exact) mass is 273 g/mol. The van der Waals surface area contributed by atoms with Gasteiger partial charge < -0.3 is 10.2 Å². The van der Waals surface area contributed by atoms with Crippen molar-refractivity contribution in [3.8, 4) is 0 Å². The fourth-order valence-corrected chi connectivity index (χ4v) is 1.99. The highest BCUT2D eigenvalue weighted by atomic mass is 32.2. The van der Waals surface area contributed by atoms with E-state index < -0.39 is 10.3 Å². The van der Waals surface area contributed by atoms with E-state index in [0.29, 0.717) is 6.54 Å². The average Bonchev–Trinajstić information content (AvgIpc) is 2.33. The highest BCUT2D eigenvalue weighted by molar-refractivity contribution is 7.83. The van der Waals surface area contributed by atoms with Crippen LogP contribution < -0.4 is 14.9 Å². The molecule has 0 aliphatic carbocycles. The largest absolute Gasteiger partial charge is 0.388 e. The van der Waals surface area contributed by atoms with E-state index in [2.05, 4.69) is 10.0 Å². The summed E-state index contributed by atoms with van der Waals surface area (Å²) >= 11 is 0. The minimum Gasteiger partial charge on any atom is -0.388 e. The van der Waals surface area contributed by atoms with Crippen LogP contribution in [0, 0.1) is 0 Å². The zero-order valence-electron chi connectivity index (χ0n) is 10.5. The summed E-state index contributed by atoms with van der Waals surface area (Å²) in [5.41, 5.74) is 2.00. The molecule has 0 spiro atoms. The number of hydrogen-bond donors (Lipinski definition) is 3. The molecule has 1 aromatic carbocycles. The van der Waals surface area contributed by atoms with Gasteiger partial charge in [0.1, 0.15) is 0 Å². The SMILES string of the molecule is CCN(CCNS(=O)(=O)O)c1cccc(NC)c1. The Morgan fingerprint density at radius 1 is 1.39 bits per heavy atom. The van der Waals surface area contributed by atoms with Crippen LogP contribution in [0.25, 0.3) is 0 Å². The van der Waals surface area contributed by atoms with Crippen molar-refractivity contribution in [2.24, 2.45) is 0 Å². The summed E-state index contributed by atoms with van der Waals surface area (Å²) in [5.74, 6) is 0. The molecule has 0 bridgehead atoms. The molecule has 0 amide bonds. The fourth-order valence-electron chi connectivity index (χ4n) is 1.64. The first kappa shape index (κ1) is 14.7. The molecule has 7 heteroatoms. The second-order valence-corrected chi connectivity index (χ2v) is 4.99. The van der Waals surface area contributed by atoms with Crippen molar-refractivity contribution >= 4 is 21.7 Å². The Morgan fingerprint density at radius 2 is 2.11 bits per heavy atom. The molecule has 6 nitrogen and oxygen atoms in total. The Bertz CT molecular complexity index is 476. The molecular formula is C11H19N3O3S. The molecule has 0 atom stereocenters. The van der Waals surface area contributed by atoms with Crippen molar-refractivity contribution in [3.63, 3.8) is 0 Å². The van der Waals surface area contributed by atoms with Gasteiger partial charge >= 0.3 is 10.3 Å². The van der Waals surface area contributed by atoms with Gasteiger partial charge in [-0.05, 0) is 25.1 Å². The molecule has 0 saturated carbocycles. The van der Waals surface area contributed by atoms with Gasteiger partial charge in [0.15, 0.2) is 0 Å². The van der Waals surface area contributed by atoms with Gasteiger partial charge in [-0.3, -0.25) is 4.55 Å². The van der Waals surface area contributed by atoms with E-state index in [4.69, 9.17) is 4.55 Å². The van der Waals surface area contributed by atoms with Gasteiger partial charge in [-0.25, -0.2) is 0 Å². The van der Waals surface area contributed by atoms with Crippen LogP contribution in [0.2, 0.25) is 0 Å². The van der Waals surface area contributed by atoms with Crippen molar-refractivity contribution in [1.29, 1.82) is 0 Å². The van der Waals surface area contributed by atoms with Gasteiger partial charge in [0, 0.05) is 38.1 Å². The summed E-state index contributed by atoms with van der Waals surface area (Å²) in [4.78, 5) is 2.01. The molecule has 0 aliphatic heterocycles. The highest BCUT2D eigenvalue weighted by Crippen LogP contribution is 2.18. The molecule has 1 rings (SSSR count). The number of nitrogens with one attached hydrogen (secondary N) is 2. The molecule has 3 N–H and O–H groups in total. The second kappa shape index (κ2) is 6.58. The average molecular weight is 273 g/mol. The number of nitrogens with zero attached hydrogens (tertiary/aromatic N) is 1. The van der Waals surface area contributed by atoms with Gasteiger partial charge in [0.2, 0.25) is 0 Å². The van der Waals surface area contributed by atoms with Gasteiger partial charge in [-0.2, -0.15) is 13.1 Å². The van der Waals surface area contributed by atoms with Crippen LogP contribution in [-0.2, 0) is 10.3 Å². The quantitative estimate of drug-likeness (QED) is 0.644. The lowest BCUT2D eigenvalue weighted by atomic mass is 10.2. The second-order valence-electron chi connectivity index (χ2n) is 3.75. The van der Waals surface area contributed by atoms with E-state index in [1.807, 2.05) is 43.1 Å². The summed E-state index contributed by atoms with van der Waals surface area (Å²) in [5, 5.41) is 3.05. The summed E-state index contributed by atoms with van der Waals surface area (Å²) in [7, 11) is -2.27. The zero-order chi connectivity index (χ0) is 13.6. The normalized spacial score (nSPS) is 11.3. The minimum absolute atomic E-state index is 0.163. The van der Waals surface area contributed by atoms with E-state index in [9.17, 15) is 8.42 Å². The maximum atomic E-state index is 10.6. The lowest BCUT2D eigenvalue weighted by Gasteiger charge is -2.23. The molecule has 0 heterocycles. The molecule has 102 valence electrons. The third kappa shape index (κ3) is 4.91. The Balaban J connectivity index is 2.65. The van der Waals surface area contributed by atoms with Crippen LogP contribution in [0.15, 0.2) is 24.3 Å². The van der Waals surface area contributed by atoms with Gasteiger partial charge in [-0.15, -0.1) is 0 Å². The number of anilines is 2. The molecule has 18 heavy (non-hydrogen) atoms. The molecular weight excluding hydrogens is 254 g/mol. The molecule has 0 unspecified atom stereocenters. The Kier molecular flexibility index (Phi) is 5.39. The first-order chi connectivity index (χ1) is 8.46. The highest BCUT2D eigenvalue weighted by Gasteiger charge is 2.07. The van der Waals surface area contributed by atoms with Crippen LogP contribution in [0.5, 0.6) is 0 Å². The summed E-state index contributed by atoms with van der Waals surface area (Å²) in [6.45, 7) is 3.39. The maximum absolute atomic E-state index is 10.6. The van der Waals surface area contributed by atoms with E-state index in [1.165, 1.54) is 0 Å². The summed E-state index contributed by atoms with van der Waals surface area (Å²) < 4.78 is 31.8. The van der Waals surface area contributed by atoms with Crippen molar-refractivity contribution in [3.05, 3.63) is 24.3 Å². The van der Waals surface area contributed by atoms with Crippen LogP contribution in [-0.4, -0.2) is 39.7 Å². The van der Waals surface area contributed by atoms with E-state index in [1.54, 1.807) is 0 Å². The first-order valence-electron chi connectivity index (χ1n) is 5.71. The van der Waals surface area contributed by atoms with Crippen molar-refractivity contribution in [2.75, 3.05) is 36.9 Å². The molecule has 0 fully saturated rings. The van der Waals surface area contributed by atoms with Gasteiger partial charge in [0.05, 0.1) is 0 Å². The Morgan fingerprint density at radius 3 is 2.67 bits per heavy atom. The number of likely N-dealkylation sites (N-methyl/N-ethyl adjacent to an activating group) is 1. The van der Waals surface area contributed by atoms with E-state index in [-0.39, 0.29) is 6.54 Å². The fraction of sp³-hybridized carbons (Fsp3) is 0.455. The van der Waals surface area contributed by atoms with Crippen molar-refractivity contribution in [2.45, 2.75) is 6.92 Å². The van der Waals surface area contributed by atoms with Crippen LogP contribution in [0.3, 0.4) is 0 Å². The Hall–Kier alpha value is -1.31. The zero-order valence-corrected chi connectivity index (χ0v) is 11.4. The number of rotatable bonds is 7. The van der Waals surface area contributed by atoms with Gasteiger partial charge in [0.25, 0.3) is 0 Å². The van der Waals surface area contributed by atoms with Crippen LogP contribution in [0.1, 0.15) is 6.92 Å². The van der Waals surface area contributed by atoms with Crippen molar-refractivity contribution < 1.29 is 13.0 Å². The van der Waals surface area contributed by atoms with E-state index >= 15 is 0 Å². The lowest BCUT2D eigenvalue weighted by molar-refractivity contribution is 0.468. The third-order valence-corrected chi connectivity index (χ3v) is 3.12. The Labute approximate surface area is 108 Å². The number of benzene rings is 1. The topological polar surface area (TPSA) is 81.7 Å². The molecule has 0 aromatic heterocycles. The first-order valence-corrected chi connectivity index (χ1v) is 7.15. The summed E-state index contributed by atoms with van der Waals surface area (Å²) in [6.07, 6.45) is 0. The van der Waals surface area contributed by atoms with Gasteiger partial charge in [-0.1, -0.05) is 6.07 Å². The van der Waals surface area contributed by atoms with Crippen molar-refractivity contribution in [1.82, 2.24) is 4.72 Å². The predicted octanol–water partition coefficient (Wildman–Crippen LogP) is 0.947. The van der Waals surface area contributed by atoms with E-state index in [0.717, 1.165) is 17.9 Å². The smallest absolute Gasteiger partial charge is 0.333 e. The molecule has 0 aliphatic rings.